The topological polar surface area (TPSA) is 56.4 Å². The van der Waals surface area contributed by atoms with E-state index in [0.29, 0.717) is 25.2 Å². The highest BCUT2D eigenvalue weighted by atomic mass is 16.2. The van der Waals surface area contributed by atoms with E-state index in [0.717, 1.165) is 17.7 Å². The van der Waals surface area contributed by atoms with Crippen molar-refractivity contribution in [3.05, 3.63) is 60.3 Å². The lowest BCUT2D eigenvalue weighted by Crippen LogP contribution is -2.56. The third-order valence-electron chi connectivity index (χ3n) is 4.99. The highest BCUT2D eigenvalue weighted by molar-refractivity contribution is 5.95. The molecule has 3 rings (SSSR count). The van der Waals surface area contributed by atoms with E-state index >= 15 is 0 Å². The molecule has 0 aliphatic carbocycles. The van der Waals surface area contributed by atoms with Crippen LogP contribution in [0.15, 0.2) is 49.2 Å². The molecule has 1 aliphatic rings. The summed E-state index contributed by atoms with van der Waals surface area (Å²) in [7, 11) is 0. The monoisotopic (exact) mass is 351 g/mol. The van der Waals surface area contributed by atoms with E-state index in [1.165, 1.54) is 11.6 Å². The van der Waals surface area contributed by atoms with Gasteiger partial charge in [-0.15, -0.1) is 0 Å². The van der Waals surface area contributed by atoms with E-state index in [-0.39, 0.29) is 17.9 Å². The van der Waals surface area contributed by atoms with Crippen LogP contribution in [-0.2, 0) is 4.79 Å². The van der Waals surface area contributed by atoms with Crippen molar-refractivity contribution < 1.29 is 9.59 Å². The van der Waals surface area contributed by atoms with Crippen LogP contribution in [0.5, 0.6) is 0 Å². The summed E-state index contributed by atoms with van der Waals surface area (Å²) < 4.78 is 0. The summed E-state index contributed by atoms with van der Waals surface area (Å²) in [5, 5.41) is 0. The Morgan fingerprint density at radius 1 is 1.27 bits per heavy atom. The van der Waals surface area contributed by atoms with Gasteiger partial charge >= 0.3 is 0 Å². The molecule has 136 valence electrons. The predicted molar refractivity (Wildman–Crippen MR) is 103 cm³/mol. The quantitative estimate of drug-likeness (QED) is 0.860. The van der Waals surface area contributed by atoms with Gasteiger partial charge in [-0.25, -0.2) is 0 Å². The molecule has 0 spiro atoms. The van der Waals surface area contributed by atoms with Gasteiger partial charge in [0.25, 0.3) is 5.91 Å². The summed E-state index contributed by atoms with van der Waals surface area (Å²) in [6, 6.07) is 10.1. The molecular weight excluding hydrogens is 326 g/mol. The molecule has 1 atom stereocenters. The smallest absolute Gasteiger partial charge is 0.255 e. The first-order chi connectivity index (χ1) is 12.5. The van der Waals surface area contributed by atoms with Crippen molar-refractivity contribution in [3.63, 3.8) is 0 Å². The first kappa shape index (κ1) is 18.0. The molecular formula is C21H25N3O2. The van der Waals surface area contributed by atoms with Crippen molar-refractivity contribution in [1.82, 2.24) is 14.8 Å². The molecule has 0 saturated carbocycles. The maximum atomic E-state index is 12.9. The fourth-order valence-electron chi connectivity index (χ4n) is 3.40. The summed E-state index contributed by atoms with van der Waals surface area (Å²) in [4.78, 5) is 31.7. The van der Waals surface area contributed by atoms with Crippen molar-refractivity contribution in [2.45, 2.75) is 26.3 Å². The molecule has 1 N–H and O–H groups in total. The molecule has 5 heteroatoms. The van der Waals surface area contributed by atoms with Gasteiger partial charge in [0.05, 0.1) is 5.56 Å². The zero-order chi connectivity index (χ0) is 18.7. The van der Waals surface area contributed by atoms with E-state index < -0.39 is 0 Å². The van der Waals surface area contributed by atoms with Crippen LogP contribution in [0.4, 0.5) is 0 Å². The number of nitrogens with one attached hydrogen (secondary N) is 1. The summed E-state index contributed by atoms with van der Waals surface area (Å²) in [6.07, 6.45) is 3.92. The lowest BCUT2D eigenvalue weighted by molar-refractivity contribution is -0.130. The maximum absolute atomic E-state index is 12.9. The predicted octanol–water partition coefficient (Wildman–Crippen LogP) is 3.24. The fourth-order valence-corrected chi connectivity index (χ4v) is 3.40. The number of hydrogen-bond donors (Lipinski definition) is 1. The average molecular weight is 351 g/mol. The van der Waals surface area contributed by atoms with Crippen molar-refractivity contribution in [1.29, 1.82) is 0 Å². The van der Waals surface area contributed by atoms with Gasteiger partial charge in [-0.3, -0.25) is 9.59 Å². The molecule has 0 radical (unpaired) electrons. The molecule has 26 heavy (non-hydrogen) atoms. The number of aromatic nitrogens is 1. The highest BCUT2D eigenvalue weighted by Crippen LogP contribution is 2.22. The van der Waals surface area contributed by atoms with Crippen molar-refractivity contribution in [2.24, 2.45) is 0 Å². The van der Waals surface area contributed by atoms with Gasteiger partial charge in [0, 0.05) is 37.6 Å². The number of carbonyl (C=O) groups excluding carboxylic acids is 2. The van der Waals surface area contributed by atoms with Crippen LogP contribution in [-0.4, -0.2) is 52.3 Å². The Labute approximate surface area is 154 Å². The Morgan fingerprint density at radius 2 is 2.00 bits per heavy atom. The van der Waals surface area contributed by atoms with E-state index in [1.54, 1.807) is 6.20 Å². The summed E-state index contributed by atoms with van der Waals surface area (Å²) in [5.41, 5.74) is 3.84. The molecule has 2 amide bonds. The number of nitrogens with zero attached hydrogens (tertiary/aromatic N) is 2. The zero-order valence-electron chi connectivity index (χ0n) is 15.4. The number of carbonyl (C=O) groups is 2. The number of aryl methyl sites for hydroxylation is 1. The molecule has 5 nitrogen and oxygen atoms in total. The van der Waals surface area contributed by atoms with Gasteiger partial charge in [0.1, 0.15) is 0 Å². The first-order valence-electron chi connectivity index (χ1n) is 9.01. The second kappa shape index (κ2) is 7.60. The van der Waals surface area contributed by atoms with E-state index in [9.17, 15) is 9.59 Å². The molecule has 1 saturated heterocycles. The molecule has 2 heterocycles. The Balaban J connectivity index is 1.73. The third-order valence-corrected chi connectivity index (χ3v) is 4.99. The summed E-state index contributed by atoms with van der Waals surface area (Å²) >= 11 is 0. The Kier molecular flexibility index (Phi) is 5.26. The number of benzene rings is 1. The fraction of sp³-hybridized carbons (Fsp3) is 0.333. The Bertz CT molecular complexity index is 807. The van der Waals surface area contributed by atoms with Crippen LogP contribution < -0.4 is 0 Å². The van der Waals surface area contributed by atoms with Gasteiger partial charge in [-0.2, -0.15) is 0 Å². The van der Waals surface area contributed by atoms with Gasteiger partial charge in [-0.1, -0.05) is 43.3 Å². The minimum absolute atomic E-state index is 0.00348. The molecule has 0 bridgehead atoms. The van der Waals surface area contributed by atoms with Crippen LogP contribution in [0.25, 0.3) is 11.3 Å². The number of rotatable bonds is 4. The average Bonchev–Trinajstić information content (AvgIpc) is 3.17. The van der Waals surface area contributed by atoms with Crippen LogP contribution in [0.3, 0.4) is 0 Å². The molecule has 1 aromatic carbocycles. The van der Waals surface area contributed by atoms with E-state index in [1.807, 2.05) is 41.8 Å². The number of amides is 2. The number of piperazine rings is 1. The van der Waals surface area contributed by atoms with Crippen molar-refractivity contribution in [2.75, 3.05) is 19.6 Å². The van der Waals surface area contributed by atoms with Crippen LogP contribution in [0, 0.1) is 6.92 Å². The normalized spacial score (nSPS) is 17.2. The number of aromatic amines is 1. The summed E-state index contributed by atoms with van der Waals surface area (Å²) in [5.74, 6) is -0.0592. The minimum Gasteiger partial charge on any atom is -0.360 e. The SMILES string of the molecule is C=CC(=O)N1CCN(C(=O)c2c[nH]c(-c3ccc(C)cc3)c2)C[C@@H]1CC. The molecule has 0 unspecified atom stereocenters. The van der Waals surface area contributed by atoms with Crippen LogP contribution in [0.2, 0.25) is 0 Å². The zero-order valence-corrected chi connectivity index (χ0v) is 15.4. The van der Waals surface area contributed by atoms with Gasteiger partial charge in [0.2, 0.25) is 5.91 Å². The molecule has 1 aromatic heterocycles. The van der Waals surface area contributed by atoms with E-state index in [2.05, 4.69) is 23.7 Å². The van der Waals surface area contributed by atoms with E-state index in [4.69, 9.17) is 0 Å². The van der Waals surface area contributed by atoms with Crippen LogP contribution in [0.1, 0.15) is 29.3 Å². The van der Waals surface area contributed by atoms with Crippen molar-refractivity contribution >= 4 is 11.8 Å². The largest absolute Gasteiger partial charge is 0.360 e. The summed E-state index contributed by atoms with van der Waals surface area (Å²) in [6.45, 7) is 9.30. The maximum Gasteiger partial charge on any atom is 0.255 e. The molecule has 1 aliphatic heterocycles. The van der Waals surface area contributed by atoms with Crippen LogP contribution >= 0.6 is 0 Å². The molecule has 2 aromatic rings. The second-order valence-corrected chi connectivity index (χ2v) is 6.72. The Morgan fingerprint density at radius 3 is 2.65 bits per heavy atom. The first-order valence-corrected chi connectivity index (χ1v) is 9.01. The standard InChI is InChI=1S/C21H25N3O2/c1-4-18-14-23(10-11-24(18)20(25)5-2)21(26)17-12-19(22-13-17)16-8-6-15(3)7-9-16/h5-9,12-13,18,22H,2,4,10-11,14H2,1,3H3/t18-/m0/s1. The molecule has 1 fully saturated rings. The van der Waals surface area contributed by atoms with Gasteiger partial charge in [-0.05, 0) is 31.1 Å². The lowest BCUT2D eigenvalue weighted by atomic mass is 10.1. The highest BCUT2D eigenvalue weighted by Gasteiger charge is 2.31. The van der Waals surface area contributed by atoms with Gasteiger partial charge in [0.15, 0.2) is 0 Å². The third kappa shape index (κ3) is 3.57. The minimum atomic E-state index is -0.0627. The Hall–Kier alpha value is -2.82. The lowest BCUT2D eigenvalue weighted by Gasteiger charge is -2.40. The number of H-pyrrole nitrogens is 1. The van der Waals surface area contributed by atoms with Crippen molar-refractivity contribution in [3.8, 4) is 11.3 Å². The number of hydrogen-bond acceptors (Lipinski definition) is 2. The van der Waals surface area contributed by atoms with Gasteiger partial charge < -0.3 is 14.8 Å². The second-order valence-electron chi connectivity index (χ2n) is 6.72.